The van der Waals surface area contributed by atoms with E-state index in [1.165, 1.54) is 22.9 Å². The van der Waals surface area contributed by atoms with Crippen LogP contribution in [0.25, 0.3) is 5.57 Å². The second-order valence-corrected chi connectivity index (χ2v) is 6.44. The van der Waals surface area contributed by atoms with E-state index in [1.807, 2.05) is 6.08 Å². The molecule has 3 N–H and O–H groups in total. The number of nitrogens with two attached hydrogens (primary N) is 1. The summed E-state index contributed by atoms with van der Waals surface area (Å²) in [5, 5.41) is 7.79. The topological polar surface area (TPSA) is 53.1 Å². The highest BCUT2D eigenvalue weighted by Crippen LogP contribution is 2.28. The zero-order valence-electron chi connectivity index (χ0n) is 16.5. The Morgan fingerprint density at radius 2 is 2.00 bits per heavy atom. The van der Waals surface area contributed by atoms with Gasteiger partial charge in [0.1, 0.15) is 0 Å². The second-order valence-electron chi connectivity index (χ2n) is 6.44. The molecule has 2 unspecified atom stereocenters. The smallest absolute Gasteiger partial charge is 0.0508 e. The van der Waals surface area contributed by atoms with Crippen LogP contribution >= 0.6 is 0 Å². The van der Waals surface area contributed by atoms with Gasteiger partial charge in [-0.05, 0) is 61.7 Å². The first-order chi connectivity index (χ1) is 11.9. The van der Waals surface area contributed by atoms with Crippen LogP contribution in [0.15, 0.2) is 53.9 Å². The Morgan fingerprint density at radius 1 is 1.32 bits per heavy atom. The molecule has 1 rings (SSSR count). The number of benzene rings is 1. The molecule has 0 spiro atoms. The first-order valence-corrected chi connectivity index (χ1v) is 8.99. The van der Waals surface area contributed by atoms with Crippen molar-refractivity contribution in [1.82, 2.24) is 4.90 Å². The Kier molecular flexibility index (Phi) is 8.20. The Labute approximate surface area is 153 Å². The molecule has 0 aromatic heterocycles. The van der Waals surface area contributed by atoms with Crippen LogP contribution in [0.3, 0.4) is 0 Å². The Balaban J connectivity index is 3.19. The maximum Gasteiger partial charge on any atom is 0.0508 e. The molecule has 3 nitrogen and oxygen atoms in total. The van der Waals surface area contributed by atoms with Gasteiger partial charge >= 0.3 is 0 Å². The van der Waals surface area contributed by atoms with Crippen molar-refractivity contribution in [2.45, 2.75) is 47.1 Å². The largest absolute Gasteiger partial charge is 0.405 e. The van der Waals surface area contributed by atoms with Crippen molar-refractivity contribution in [3.63, 3.8) is 0 Å². The summed E-state index contributed by atoms with van der Waals surface area (Å²) in [5.41, 5.74) is 11.5. The van der Waals surface area contributed by atoms with Gasteiger partial charge in [0.2, 0.25) is 0 Å². The quantitative estimate of drug-likeness (QED) is 0.612. The zero-order chi connectivity index (χ0) is 19.0. The van der Waals surface area contributed by atoms with Gasteiger partial charge in [0.05, 0.1) is 6.04 Å². The minimum atomic E-state index is 0.123. The molecule has 25 heavy (non-hydrogen) atoms. The number of nitrogens with zero attached hydrogens (tertiary/aromatic N) is 1. The van der Waals surface area contributed by atoms with E-state index in [0.717, 1.165) is 17.7 Å². The molecule has 0 saturated carbocycles. The van der Waals surface area contributed by atoms with E-state index in [-0.39, 0.29) is 12.0 Å². The van der Waals surface area contributed by atoms with Crippen molar-refractivity contribution in [3.8, 4) is 0 Å². The average Bonchev–Trinajstić information content (AvgIpc) is 2.62. The van der Waals surface area contributed by atoms with Crippen LogP contribution in [0.1, 0.15) is 58.2 Å². The first-order valence-electron chi connectivity index (χ1n) is 8.99. The van der Waals surface area contributed by atoms with Gasteiger partial charge in [0, 0.05) is 24.9 Å². The summed E-state index contributed by atoms with van der Waals surface area (Å²) in [7, 11) is 2.09. The maximum atomic E-state index is 7.79. The highest BCUT2D eigenvalue weighted by Gasteiger charge is 2.17. The van der Waals surface area contributed by atoms with Gasteiger partial charge in [-0.25, -0.2) is 0 Å². The third kappa shape index (κ3) is 5.09. The Hall–Kier alpha value is -2.29. The Bertz CT molecular complexity index is 668. The molecule has 0 bridgehead atoms. The molecular weight excluding hydrogens is 306 g/mol. The molecule has 0 aliphatic carbocycles. The monoisotopic (exact) mass is 339 g/mol. The molecule has 0 heterocycles. The van der Waals surface area contributed by atoms with Gasteiger partial charge < -0.3 is 16.0 Å². The Morgan fingerprint density at radius 3 is 2.52 bits per heavy atom. The predicted octanol–water partition coefficient (Wildman–Crippen LogP) is 5.52. The third-order valence-electron chi connectivity index (χ3n) is 5.04. The highest BCUT2D eigenvalue weighted by molar-refractivity contribution is 5.78. The zero-order valence-corrected chi connectivity index (χ0v) is 16.5. The molecule has 0 radical (unpaired) electrons. The van der Waals surface area contributed by atoms with Gasteiger partial charge in [0.15, 0.2) is 0 Å². The van der Waals surface area contributed by atoms with Gasteiger partial charge in [-0.15, -0.1) is 0 Å². The lowest BCUT2D eigenvalue weighted by Crippen LogP contribution is -2.23. The van der Waals surface area contributed by atoms with Gasteiger partial charge in [0.25, 0.3) is 0 Å². The van der Waals surface area contributed by atoms with Gasteiger partial charge in [-0.2, -0.15) is 0 Å². The lowest BCUT2D eigenvalue weighted by atomic mass is 9.96. The van der Waals surface area contributed by atoms with E-state index >= 15 is 0 Å². The van der Waals surface area contributed by atoms with Crippen LogP contribution < -0.4 is 5.73 Å². The normalized spacial score (nSPS) is 15.7. The molecule has 0 aliphatic heterocycles. The van der Waals surface area contributed by atoms with E-state index < -0.39 is 0 Å². The number of rotatable bonds is 8. The summed E-state index contributed by atoms with van der Waals surface area (Å²) >= 11 is 0. The number of allylic oxidation sites excluding steroid dienone is 5. The van der Waals surface area contributed by atoms with Crippen molar-refractivity contribution >= 4 is 11.8 Å². The molecule has 0 amide bonds. The standard InChI is InChI=1S/C22H33N3/c1-7-19(8-2)21-11-9-10-20(14-21)17(4)25(6)18(5)22(15-24)16(3)12-13-23/h7,9-17,24H,8,23H2,1-6H3/b13-12-,19-7+,22-18+,24-15?. The van der Waals surface area contributed by atoms with Gasteiger partial charge in [-0.1, -0.05) is 44.2 Å². The van der Waals surface area contributed by atoms with E-state index in [0.29, 0.717) is 0 Å². The number of nitrogens with one attached hydrogen (secondary N) is 1. The van der Waals surface area contributed by atoms with Crippen molar-refractivity contribution in [2.75, 3.05) is 7.05 Å². The van der Waals surface area contributed by atoms with Crippen molar-refractivity contribution in [1.29, 1.82) is 5.41 Å². The van der Waals surface area contributed by atoms with E-state index in [4.69, 9.17) is 11.1 Å². The maximum absolute atomic E-state index is 7.79. The second kappa shape index (κ2) is 9.87. The van der Waals surface area contributed by atoms with Crippen LogP contribution in [-0.4, -0.2) is 18.2 Å². The fraction of sp³-hybridized carbons (Fsp3) is 0.409. The number of hydrogen-bond acceptors (Lipinski definition) is 3. The minimum Gasteiger partial charge on any atom is -0.405 e. The summed E-state index contributed by atoms with van der Waals surface area (Å²) < 4.78 is 0. The molecule has 0 aliphatic rings. The first kappa shape index (κ1) is 20.8. The lowest BCUT2D eigenvalue weighted by Gasteiger charge is -2.30. The summed E-state index contributed by atoms with van der Waals surface area (Å²) in [6.45, 7) is 10.6. The molecule has 136 valence electrons. The lowest BCUT2D eigenvalue weighted by molar-refractivity contribution is 0.327. The van der Waals surface area contributed by atoms with E-state index in [2.05, 4.69) is 76.9 Å². The molecular formula is C22H33N3. The van der Waals surface area contributed by atoms with Crippen LogP contribution in [0.5, 0.6) is 0 Å². The van der Waals surface area contributed by atoms with Gasteiger partial charge in [-0.3, -0.25) is 0 Å². The minimum absolute atomic E-state index is 0.123. The van der Waals surface area contributed by atoms with Crippen LogP contribution in [0.4, 0.5) is 0 Å². The summed E-state index contributed by atoms with van der Waals surface area (Å²) in [5.74, 6) is 0.123. The van der Waals surface area contributed by atoms with E-state index in [9.17, 15) is 0 Å². The fourth-order valence-electron chi connectivity index (χ4n) is 3.13. The third-order valence-corrected chi connectivity index (χ3v) is 5.04. The predicted molar refractivity (Wildman–Crippen MR) is 111 cm³/mol. The number of hydrogen-bond donors (Lipinski definition) is 2. The molecule has 0 fully saturated rings. The highest BCUT2D eigenvalue weighted by atomic mass is 15.1. The van der Waals surface area contributed by atoms with Crippen LogP contribution in [0, 0.1) is 11.3 Å². The fourth-order valence-corrected chi connectivity index (χ4v) is 3.13. The summed E-state index contributed by atoms with van der Waals surface area (Å²) in [6.07, 6.45) is 8.13. The molecule has 0 saturated heterocycles. The van der Waals surface area contributed by atoms with Crippen molar-refractivity contribution in [3.05, 3.63) is 65.0 Å². The molecule has 1 aromatic carbocycles. The summed E-state index contributed by atoms with van der Waals surface area (Å²) in [4.78, 5) is 2.24. The molecule has 3 heteroatoms. The van der Waals surface area contributed by atoms with Crippen LogP contribution in [-0.2, 0) is 0 Å². The summed E-state index contributed by atoms with van der Waals surface area (Å²) in [6, 6.07) is 8.98. The van der Waals surface area contributed by atoms with Crippen molar-refractivity contribution < 1.29 is 0 Å². The average molecular weight is 340 g/mol. The van der Waals surface area contributed by atoms with E-state index in [1.54, 1.807) is 6.20 Å². The molecule has 2 atom stereocenters. The molecule has 1 aromatic rings. The van der Waals surface area contributed by atoms with Crippen molar-refractivity contribution in [2.24, 2.45) is 11.7 Å². The van der Waals surface area contributed by atoms with Crippen LogP contribution in [0.2, 0.25) is 0 Å². The SMILES string of the molecule is C/C=C(\CC)c1cccc(C(C)N(C)/C(C)=C(\C=N)C(C)/C=C\N)c1.